The topological polar surface area (TPSA) is 19.4 Å². The highest BCUT2D eigenvalue weighted by Crippen LogP contribution is 2.16. The van der Waals surface area contributed by atoms with Crippen molar-refractivity contribution in [1.29, 1.82) is 0 Å². The summed E-state index contributed by atoms with van der Waals surface area (Å²) >= 11 is 7.48. The molecule has 0 aromatic carbocycles. The van der Waals surface area contributed by atoms with Crippen LogP contribution in [-0.4, -0.2) is 54.6 Å². The monoisotopic (exact) mass is 273 g/mol. The molecule has 1 unspecified atom stereocenters. The van der Waals surface area contributed by atoms with Crippen LogP contribution < -0.4 is 0 Å². The summed E-state index contributed by atoms with van der Waals surface area (Å²) in [5, 5.41) is 3.28. The van der Waals surface area contributed by atoms with Crippen molar-refractivity contribution in [2.75, 3.05) is 33.7 Å². The van der Waals surface area contributed by atoms with E-state index in [1.54, 1.807) is 11.3 Å². The van der Waals surface area contributed by atoms with Crippen LogP contribution in [0.25, 0.3) is 0 Å². The third-order valence-electron chi connectivity index (χ3n) is 3.36. The van der Waals surface area contributed by atoms with Gasteiger partial charge in [0.15, 0.2) is 0 Å². The van der Waals surface area contributed by atoms with E-state index in [9.17, 15) is 0 Å². The molecule has 0 aliphatic carbocycles. The second kappa shape index (κ2) is 6.14. The van der Waals surface area contributed by atoms with Gasteiger partial charge in [0.05, 0.1) is 16.6 Å². The summed E-state index contributed by atoms with van der Waals surface area (Å²) in [6.07, 6.45) is 2.35. The average molecular weight is 274 g/mol. The number of alkyl halides is 1. The summed E-state index contributed by atoms with van der Waals surface area (Å²) in [5.41, 5.74) is 1.01. The molecule has 1 aromatic rings. The highest BCUT2D eigenvalue weighted by atomic mass is 35.5. The van der Waals surface area contributed by atoms with Crippen LogP contribution in [-0.2, 0) is 12.3 Å². The van der Waals surface area contributed by atoms with Crippen molar-refractivity contribution in [3.05, 3.63) is 16.1 Å². The number of halogens is 1. The lowest BCUT2D eigenvalue weighted by atomic mass is 10.2. The zero-order valence-electron chi connectivity index (χ0n) is 10.5. The first-order valence-electron chi connectivity index (χ1n) is 6.07. The zero-order valence-corrected chi connectivity index (χ0v) is 12.1. The number of hydrogen-bond acceptors (Lipinski definition) is 4. The fourth-order valence-corrected chi connectivity index (χ4v) is 3.23. The minimum Gasteiger partial charge on any atom is -0.305 e. The summed E-state index contributed by atoms with van der Waals surface area (Å²) in [6, 6.07) is 0.727. The third-order valence-corrected chi connectivity index (χ3v) is 4.59. The molecule has 1 aliphatic rings. The van der Waals surface area contributed by atoms with Gasteiger partial charge in [-0.05, 0) is 27.1 Å². The lowest BCUT2D eigenvalue weighted by molar-refractivity contribution is 0.270. The normalized spacial score (nSPS) is 21.5. The van der Waals surface area contributed by atoms with Gasteiger partial charge in [-0.3, -0.25) is 0 Å². The minimum atomic E-state index is 0.531. The number of hydrogen-bond donors (Lipinski definition) is 0. The Bertz CT molecular complexity index is 353. The standard InChI is InChI=1S/C12H20ClN3S/c1-15(2)11-3-5-16(8-11)6-4-12-14-10(7-13)9-17-12/h9,11H,3-8H2,1-2H3. The van der Waals surface area contributed by atoms with E-state index in [-0.39, 0.29) is 0 Å². The van der Waals surface area contributed by atoms with Gasteiger partial charge in [0, 0.05) is 30.9 Å². The predicted molar refractivity (Wildman–Crippen MR) is 73.9 cm³/mol. The van der Waals surface area contributed by atoms with Gasteiger partial charge in [0.2, 0.25) is 0 Å². The van der Waals surface area contributed by atoms with E-state index in [0.717, 1.165) is 24.7 Å². The molecule has 1 atom stereocenters. The molecule has 1 aliphatic heterocycles. The third kappa shape index (κ3) is 3.65. The zero-order chi connectivity index (χ0) is 12.3. The second-order valence-corrected chi connectivity index (χ2v) is 6.03. The van der Waals surface area contributed by atoms with Crippen molar-refractivity contribution in [1.82, 2.24) is 14.8 Å². The highest BCUT2D eigenvalue weighted by molar-refractivity contribution is 7.09. The van der Waals surface area contributed by atoms with Crippen LogP contribution in [0.5, 0.6) is 0 Å². The van der Waals surface area contributed by atoms with Crippen molar-refractivity contribution < 1.29 is 0 Å². The van der Waals surface area contributed by atoms with Crippen LogP contribution in [0.3, 0.4) is 0 Å². The van der Waals surface area contributed by atoms with Crippen molar-refractivity contribution in [3.63, 3.8) is 0 Å². The van der Waals surface area contributed by atoms with Gasteiger partial charge >= 0.3 is 0 Å². The quantitative estimate of drug-likeness (QED) is 0.766. The molecule has 96 valence electrons. The second-order valence-electron chi connectivity index (χ2n) is 4.82. The van der Waals surface area contributed by atoms with Gasteiger partial charge < -0.3 is 9.80 Å². The molecule has 0 spiro atoms. The fraction of sp³-hybridized carbons (Fsp3) is 0.750. The van der Waals surface area contributed by atoms with Crippen molar-refractivity contribution in [2.24, 2.45) is 0 Å². The summed E-state index contributed by atoms with van der Waals surface area (Å²) in [7, 11) is 4.34. The maximum atomic E-state index is 5.75. The molecule has 5 heteroatoms. The Morgan fingerprint density at radius 2 is 2.41 bits per heavy atom. The SMILES string of the molecule is CN(C)C1CCN(CCc2nc(CCl)cs2)C1. The summed E-state index contributed by atoms with van der Waals surface area (Å²) in [6.45, 7) is 3.54. The molecular weight excluding hydrogens is 254 g/mol. The number of thiazole rings is 1. The van der Waals surface area contributed by atoms with Gasteiger partial charge in [-0.1, -0.05) is 0 Å². The number of aromatic nitrogens is 1. The average Bonchev–Trinajstić information content (AvgIpc) is 2.95. The van der Waals surface area contributed by atoms with E-state index in [2.05, 4.69) is 34.3 Å². The Labute approximate surface area is 112 Å². The molecule has 0 radical (unpaired) electrons. The minimum absolute atomic E-state index is 0.531. The largest absolute Gasteiger partial charge is 0.305 e. The molecule has 3 nitrogen and oxygen atoms in total. The van der Waals surface area contributed by atoms with E-state index in [1.165, 1.54) is 24.5 Å². The molecule has 2 heterocycles. The Hall–Kier alpha value is -0.160. The fourth-order valence-electron chi connectivity index (χ4n) is 2.22. The first-order valence-corrected chi connectivity index (χ1v) is 7.48. The molecule has 1 fully saturated rings. The van der Waals surface area contributed by atoms with Gasteiger partial charge in [0.25, 0.3) is 0 Å². The maximum Gasteiger partial charge on any atom is 0.0941 e. The number of nitrogens with zero attached hydrogens (tertiary/aromatic N) is 3. The van der Waals surface area contributed by atoms with Gasteiger partial charge in [-0.2, -0.15) is 0 Å². The Balaban J connectivity index is 1.76. The van der Waals surface area contributed by atoms with Crippen LogP contribution in [0.2, 0.25) is 0 Å². The molecule has 1 aromatic heterocycles. The maximum absolute atomic E-state index is 5.75. The van der Waals surface area contributed by atoms with Crippen LogP contribution >= 0.6 is 22.9 Å². The van der Waals surface area contributed by atoms with Gasteiger partial charge in [-0.25, -0.2) is 4.98 Å². The Kier molecular flexibility index (Phi) is 4.79. The highest BCUT2D eigenvalue weighted by Gasteiger charge is 2.23. The van der Waals surface area contributed by atoms with Crippen molar-refractivity contribution in [2.45, 2.75) is 24.8 Å². The Morgan fingerprint density at radius 3 is 3.00 bits per heavy atom. The Morgan fingerprint density at radius 1 is 1.59 bits per heavy atom. The van der Waals surface area contributed by atoms with Crippen molar-refractivity contribution in [3.8, 4) is 0 Å². The molecule has 17 heavy (non-hydrogen) atoms. The number of rotatable bonds is 5. The first kappa shape index (κ1) is 13.3. The predicted octanol–water partition coefficient (Wildman–Crippen LogP) is 2.06. The van der Waals surface area contributed by atoms with Gasteiger partial charge in [-0.15, -0.1) is 22.9 Å². The van der Waals surface area contributed by atoms with Crippen LogP contribution in [0, 0.1) is 0 Å². The molecular formula is C12H20ClN3S. The molecule has 0 N–H and O–H groups in total. The molecule has 1 saturated heterocycles. The molecule has 0 amide bonds. The summed E-state index contributed by atoms with van der Waals surface area (Å²) in [5.74, 6) is 0.531. The smallest absolute Gasteiger partial charge is 0.0941 e. The molecule has 0 saturated carbocycles. The summed E-state index contributed by atoms with van der Waals surface area (Å²) < 4.78 is 0. The lowest BCUT2D eigenvalue weighted by Crippen LogP contribution is -2.32. The van der Waals surface area contributed by atoms with Gasteiger partial charge in [0.1, 0.15) is 0 Å². The van der Waals surface area contributed by atoms with Crippen LogP contribution in [0.15, 0.2) is 5.38 Å². The lowest BCUT2D eigenvalue weighted by Gasteiger charge is -2.19. The first-order chi connectivity index (χ1) is 8.19. The van der Waals surface area contributed by atoms with E-state index in [4.69, 9.17) is 11.6 Å². The number of likely N-dealkylation sites (tertiary alicyclic amines) is 1. The summed E-state index contributed by atoms with van der Waals surface area (Å²) in [4.78, 5) is 9.36. The molecule has 0 bridgehead atoms. The molecule has 2 rings (SSSR count). The van der Waals surface area contributed by atoms with E-state index >= 15 is 0 Å². The van der Waals surface area contributed by atoms with E-state index < -0.39 is 0 Å². The van der Waals surface area contributed by atoms with Crippen LogP contribution in [0.1, 0.15) is 17.1 Å². The van der Waals surface area contributed by atoms with Crippen LogP contribution in [0.4, 0.5) is 0 Å². The van der Waals surface area contributed by atoms with E-state index in [1.807, 2.05) is 0 Å². The van der Waals surface area contributed by atoms with E-state index in [0.29, 0.717) is 5.88 Å². The van der Waals surface area contributed by atoms with Crippen molar-refractivity contribution >= 4 is 22.9 Å². The number of likely N-dealkylation sites (N-methyl/N-ethyl adjacent to an activating group) is 1.